The lowest BCUT2D eigenvalue weighted by atomic mass is 9.84. The second-order valence-corrected chi connectivity index (χ2v) is 6.18. The van der Waals surface area contributed by atoms with Crippen molar-refractivity contribution in [2.45, 2.75) is 25.3 Å². The summed E-state index contributed by atoms with van der Waals surface area (Å²) in [4.78, 5) is 21.0. The van der Waals surface area contributed by atoms with Crippen LogP contribution in [0.15, 0.2) is 30.7 Å². The Morgan fingerprint density at radius 2 is 2.10 bits per heavy atom. The predicted molar refractivity (Wildman–Crippen MR) is 80.5 cm³/mol. The number of fused-ring (bicyclic) bond motifs is 3. The molecule has 21 heavy (non-hydrogen) atoms. The molecule has 4 rings (SSSR count). The molecule has 2 saturated carbocycles. The minimum atomic E-state index is -0.0522. The zero-order valence-electron chi connectivity index (χ0n) is 11.7. The lowest BCUT2D eigenvalue weighted by Gasteiger charge is -2.27. The number of carbonyl (C=O) groups is 1. The van der Waals surface area contributed by atoms with Gasteiger partial charge in [0.05, 0.1) is 17.1 Å². The van der Waals surface area contributed by atoms with E-state index in [-0.39, 0.29) is 17.9 Å². The van der Waals surface area contributed by atoms with Crippen LogP contribution in [0, 0.1) is 17.8 Å². The maximum Gasteiger partial charge on any atom is 0.229 e. The van der Waals surface area contributed by atoms with Crippen LogP contribution in [-0.2, 0) is 4.79 Å². The number of amides is 1. The van der Waals surface area contributed by atoms with Crippen LogP contribution in [0.2, 0.25) is 0 Å². The van der Waals surface area contributed by atoms with Crippen molar-refractivity contribution in [3.05, 3.63) is 30.7 Å². The molecule has 108 valence electrons. The second kappa shape index (κ2) is 4.77. The third kappa shape index (κ3) is 2.00. The van der Waals surface area contributed by atoms with Gasteiger partial charge in [-0.05, 0) is 43.2 Å². The first-order chi connectivity index (χ1) is 10.2. The van der Waals surface area contributed by atoms with E-state index >= 15 is 0 Å². The van der Waals surface area contributed by atoms with Crippen molar-refractivity contribution in [3.8, 4) is 0 Å². The van der Waals surface area contributed by atoms with Crippen molar-refractivity contribution >= 4 is 22.5 Å². The van der Waals surface area contributed by atoms with E-state index in [0.29, 0.717) is 11.8 Å². The summed E-state index contributed by atoms with van der Waals surface area (Å²) in [6.07, 6.45) is 8.56. The van der Waals surface area contributed by atoms with Gasteiger partial charge in [0.15, 0.2) is 0 Å². The van der Waals surface area contributed by atoms with Crippen LogP contribution < -0.4 is 11.1 Å². The Hall–Kier alpha value is -2.01. The van der Waals surface area contributed by atoms with E-state index < -0.39 is 0 Å². The van der Waals surface area contributed by atoms with Gasteiger partial charge in [-0.2, -0.15) is 0 Å². The molecule has 0 aliphatic heterocycles. The first kappa shape index (κ1) is 12.7. The highest BCUT2D eigenvalue weighted by Crippen LogP contribution is 2.48. The van der Waals surface area contributed by atoms with Crippen LogP contribution in [0.3, 0.4) is 0 Å². The van der Waals surface area contributed by atoms with Gasteiger partial charge in [0.2, 0.25) is 5.91 Å². The first-order valence-electron chi connectivity index (χ1n) is 7.49. The number of nitrogens with zero attached hydrogens (tertiary/aromatic N) is 2. The highest BCUT2D eigenvalue weighted by Gasteiger charge is 2.49. The summed E-state index contributed by atoms with van der Waals surface area (Å²) >= 11 is 0. The van der Waals surface area contributed by atoms with Gasteiger partial charge in [-0.3, -0.25) is 14.8 Å². The maximum atomic E-state index is 12.6. The molecule has 1 amide bonds. The molecule has 2 aromatic heterocycles. The van der Waals surface area contributed by atoms with Crippen LogP contribution in [0.1, 0.15) is 19.3 Å². The van der Waals surface area contributed by atoms with E-state index in [9.17, 15) is 4.79 Å². The molecule has 0 radical (unpaired) electrons. The molecule has 4 atom stereocenters. The van der Waals surface area contributed by atoms with Crippen molar-refractivity contribution in [1.29, 1.82) is 0 Å². The molecule has 3 N–H and O–H groups in total. The van der Waals surface area contributed by atoms with Crippen LogP contribution in [0.5, 0.6) is 0 Å². The fourth-order valence-corrected chi connectivity index (χ4v) is 4.04. The SMILES string of the molecule is NC1C2CCC(C2)C1C(=O)Nc1ccnc2ccncc12. The molecule has 2 aliphatic rings. The number of rotatable bonds is 2. The van der Waals surface area contributed by atoms with Gasteiger partial charge in [0, 0.05) is 30.0 Å². The second-order valence-electron chi connectivity index (χ2n) is 6.18. The van der Waals surface area contributed by atoms with E-state index in [0.717, 1.165) is 29.4 Å². The van der Waals surface area contributed by atoms with Gasteiger partial charge in [-0.25, -0.2) is 0 Å². The number of hydrogen-bond donors (Lipinski definition) is 2. The number of nitrogens with one attached hydrogen (secondary N) is 1. The standard InChI is InChI=1S/C16H18N4O/c17-15-10-2-1-9(7-10)14(15)16(21)20-13-4-6-19-12-3-5-18-8-11(12)13/h3-6,8-10,14-15H,1-2,7,17H2,(H,19,20,21). The molecule has 2 aliphatic carbocycles. The predicted octanol–water partition coefficient (Wildman–Crippen LogP) is 1.94. The Balaban J connectivity index is 1.62. The van der Waals surface area contributed by atoms with Crippen LogP contribution in [-0.4, -0.2) is 21.9 Å². The number of pyridine rings is 2. The fourth-order valence-electron chi connectivity index (χ4n) is 4.04. The van der Waals surface area contributed by atoms with E-state index in [1.165, 1.54) is 6.42 Å². The van der Waals surface area contributed by atoms with Crippen molar-refractivity contribution < 1.29 is 4.79 Å². The van der Waals surface area contributed by atoms with Crippen LogP contribution in [0.25, 0.3) is 10.9 Å². The van der Waals surface area contributed by atoms with Gasteiger partial charge < -0.3 is 11.1 Å². The maximum absolute atomic E-state index is 12.6. The van der Waals surface area contributed by atoms with Gasteiger partial charge in [0.25, 0.3) is 0 Å². The minimum Gasteiger partial charge on any atom is -0.327 e. The summed E-state index contributed by atoms with van der Waals surface area (Å²) in [5.41, 5.74) is 7.85. The van der Waals surface area contributed by atoms with Crippen LogP contribution >= 0.6 is 0 Å². The van der Waals surface area contributed by atoms with Crippen LogP contribution in [0.4, 0.5) is 5.69 Å². The summed E-state index contributed by atoms with van der Waals surface area (Å²) in [5.74, 6) is 0.979. The van der Waals surface area contributed by atoms with Gasteiger partial charge >= 0.3 is 0 Å². The normalized spacial score (nSPS) is 30.7. The van der Waals surface area contributed by atoms with Gasteiger partial charge in [-0.15, -0.1) is 0 Å². The Morgan fingerprint density at radius 1 is 1.24 bits per heavy atom. The van der Waals surface area contributed by atoms with E-state index in [1.54, 1.807) is 18.6 Å². The third-order valence-electron chi connectivity index (χ3n) is 5.08. The Kier molecular flexibility index (Phi) is 2.89. The summed E-state index contributed by atoms with van der Waals surface area (Å²) in [6, 6.07) is 3.67. The molecule has 0 aromatic carbocycles. The number of hydrogen-bond acceptors (Lipinski definition) is 4. The molecule has 2 fully saturated rings. The Bertz CT molecular complexity index is 694. The van der Waals surface area contributed by atoms with Gasteiger partial charge in [-0.1, -0.05) is 0 Å². The molecule has 5 nitrogen and oxygen atoms in total. The molecular formula is C16H18N4O. The van der Waals surface area contributed by atoms with E-state index in [1.807, 2.05) is 12.1 Å². The number of carbonyl (C=O) groups excluding carboxylic acids is 1. The Morgan fingerprint density at radius 3 is 2.90 bits per heavy atom. The highest BCUT2D eigenvalue weighted by molar-refractivity contribution is 6.01. The zero-order valence-corrected chi connectivity index (χ0v) is 11.7. The average Bonchev–Trinajstić information content (AvgIpc) is 3.08. The van der Waals surface area contributed by atoms with E-state index in [2.05, 4.69) is 15.3 Å². The quantitative estimate of drug-likeness (QED) is 0.882. The highest BCUT2D eigenvalue weighted by atomic mass is 16.2. The average molecular weight is 282 g/mol. The molecule has 2 bridgehead atoms. The third-order valence-corrected chi connectivity index (χ3v) is 5.08. The molecule has 4 unspecified atom stereocenters. The molecule has 2 heterocycles. The number of anilines is 1. The topological polar surface area (TPSA) is 80.9 Å². The lowest BCUT2D eigenvalue weighted by molar-refractivity contribution is -0.121. The minimum absolute atomic E-state index is 0.00924. The lowest BCUT2D eigenvalue weighted by Crippen LogP contribution is -2.42. The Labute approximate surface area is 123 Å². The van der Waals surface area contributed by atoms with Crippen molar-refractivity contribution in [2.75, 3.05) is 5.32 Å². The summed E-state index contributed by atoms with van der Waals surface area (Å²) in [5, 5.41) is 3.91. The van der Waals surface area contributed by atoms with E-state index in [4.69, 9.17) is 5.73 Å². The molecular weight excluding hydrogens is 264 g/mol. The van der Waals surface area contributed by atoms with Crippen molar-refractivity contribution in [3.63, 3.8) is 0 Å². The first-order valence-corrected chi connectivity index (χ1v) is 7.49. The molecule has 2 aromatic rings. The summed E-state index contributed by atoms with van der Waals surface area (Å²) in [7, 11) is 0. The van der Waals surface area contributed by atoms with Crippen molar-refractivity contribution in [1.82, 2.24) is 9.97 Å². The smallest absolute Gasteiger partial charge is 0.229 e. The monoisotopic (exact) mass is 282 g/mol. The molecule has 5 heteroatoms. The van der Waals surface area contributed by atoms with Crippen molar-refractivity contribution in [2.24, 2.45) is 23.5 Å². The number of aromatic nitrogens is 2. The molecule has 0 saturated heterocycles. The fraction of sp³-hybridized carbons (Fsp3) is 0.438. The number of nitrogens with two attached hydrogens (primary N) is 1. The largest absolute Gasteiger partial charge is 0.327 e. The molecule has 0 spiro atoms. The van der Waals surface area contributed by atoms with Gasteiger partial charge in [0.1, 0.15) is 0 Å². The summed E-state index contributed by atoms with van der Waals surface area (Å²) in [6.45, 7) is 0. The zero-order chi connectivity index (χ0) is 14.4. The summed E-state index contributed by atoms with van der Waals surface area (Å²) < 4.78 is 0.